The molecule has 0 unspecified atom stereocenters. The summed E-state index contributed by atoms with van der Waals surface area (Å²) in [6.07, 6.45) is 0. The van der Waals surface area contributed by atoms with Crippen LogP contribution in [0.25, 0.3) is 0 Å². The van der Waals surface area contributed by atoms with E-state index in [9.17, 15) is 14.4 Å². The minimum atomic E-state index is -0.340. The summed E-state index contributed by atoms with van der Waals surface area (Å²) in [4.78, 5) is 38.8. The van der Waals surface area contributed by atoms with Crippen LogP contribution in [0.2, 0.25) is 0 Å². The first-order valence-corrected chi connectivity index (χ1v) is 8.92. The molecule has 1 heterocycles. The summed E-state index contributed by atoms with van der Waals surface area (Å²) in [6.45, 7) is 3.87. The average molecular weight is 370 g/mol. The number of anilines is 2. The summed E-state index contributed by atoms with van der Waals surface area (Å²) in [5, 5.41) is 2.85. The molecule has 1 N–H and O–H groups in total. The maximum absolute atomic E-state index is 12.6. The first-order chi connectivity index (χ1) is 13.5. The zero-order valence-electron chi connectivity index (χ0n) is 15.5. The van der Waals surface area contributed by atoms with E-state index in [0.29, 0.717) is 28.1 Å². The molecule has 3 amide bonds. The second kappa shape index (κ2) is 6.78. The van der Waals surface area contributed by atoms with Gasteiger partial charge in [0.15, 0.2) is 0 Å². The van der Waals surface area contributed by atoms with E-state index < -0.39 is 0 Å². The Morgan fingerprint density at radius 1 is 0.821 bits per heavy atom. The molecule has 0 bridgehead atoms. The Labute approximate surface area is 162 Å². The van der Waals surface area contributed by atoms with Crippen LogP contribution in [-0.4, -0.2) is 17.7 Å². The third kappa shape index (κ3) is 2.97. The van der Waals surface area contributed by atoms with Crippen molar-refractivity contribution >= 4 is 29.1 Å². The zero-order valence-corrected chi connectivity index (χ0v) is 15.5. The fourth-order valence-corrected chi connectivity index (χ4v) is 3.38. The van der Waals surface area contributed by atoms with Crippen molar-refractivity contribution in [1.29, 1.82) is 0 Å². The van der Waals surface area contributed by atoms with Crippen LogP contribution in [0, 0.1) is 13.8 Å². The van der Waals surface area contributed by atoms with E-state index in [1.54, 1.807) is 54.6 Å². The van der Waals surface area contributed by atoms with Crippen molar-refractivity contribution in [2.75, 3.05) is 10.2 Å². The summed E-state index contributed by atoms with van der Waals surface area (Å²) < 4.78 is 0. The predicted octanol–water partition coefficient (Wildman–Crippen LogP) is 4.36. The molecule has 3 aromatic carbocycles. The molecule has 1 aliphatic rings. The Hall–Kier alpha value is -3.73. The third-order valence-corrected chi connectivity index (χ3v) is 4.80. The van der Waals surface area contributed by atoms with Gasteiger partial charge in [-0.05, 0) is 61.9 Å². The molecular formula is C23H18N2O3. The topological polar surface area (TPSA) is 66.5 Å². The third-order valence-electron chi connectivity index (χ3n) is 4.80. The summed E-state index contributed by atoms with van der Waals surface area (Å²) in [5.74, 6) is -0.883. The number of aryl methyl sites for hydroxylation is 2. The number of carbonyl (C=O) groups is 3. The van der Waals surface area contributed by atoms with Gasteiger partial charge in [-0.3, -0.25) is 14.4 Å². The molecule has 5 heteroatoms. The highest BCUT2D eigenvalue weighted by molar-refractivity contribution is 6.34. The summed E-state index contributed by atoms with van der Waals surface area (Å²) in [6, 6.07) is 19.1. The van der Waals surface area contributed by atoms with Gasteiger partial charge in [-0.25, -0.2) is 4.90 Å². The molecule has 3 aromatic rings. The maximum Gasteiger partial charge on any atom is 0.266 e. The highest BCUT2D eigenvalue weighted by Gasteiger charge is 2.36. The van der Waals surface area contributed by atoms with E-state index in [0.717, 1.165) is 16.0 Å². The predicted molar refractivity (Wildman–Crippen MR) is 108 cm³/mol. The second-order valence-corrected chi connectivity index (χ2v) is 6.81. The SMILES string of the molecule is Cc1ccc(C(=O)Nc2ccc(N3C(=O)c4ccccc4C3=O)cc2)c(C)c1. The van der Waals surface area contributed by atoms with Gasteiger partial charge in [0.2, 0.25) is 0 Å². The van der Waals surface area contributed by atoms with Gasteiger partial charge in [-0.2, -0.15) is 0 Å². The monoisotopic (exact) mass is 370 g/mol. The normalized spacial score (nSPS) is 12.9. The molecule has 0 atom stereocenters. The number of rotatable bonds is 3. The number of hydrogen-bond acceptors (Lipinski definition) is 3. The van der Waals surface area contributed by atoms with Gasteiger partial charge >= 0.3 is 0 Å². The molecular weight excluding hydrogens is 352 g/mol. The van der Waals surface area contributed by atoms with Crippen LogP contribution >= 0.6 is 0 Å². The molecule has 4 rings (SSSR count). The highest BCUT2D eigenvalue weighted by atomic mass is 16.2. The number of imide groups is 1. The molecule has 28 heavy (non-hydrogen) atoms. The lowest BCUT2D eigenvalue weighted by Crippen LogP contribution is -2.29. The molecule has 0 saturated heterocycles. The van der Waals surface area contributed by atoms with Crippen LogP contribution in [0.5, 0.6) is 0 Å². The van der Waals surface area contributed by atoms with Crippen LogP contribution in [0.15, 0.2) is 66.7 Å². The van der Waals surface area contributed by atoms with Crippen molar-refractivity contribution in [2.45, 2.75) is 13.8 Å². The Bertz CT molecular complexity index is 1080. The van der Waals surface area contributed by atoms with Crippen molar-refractivity contribution in [3.05, 3.63) is 94.5 Å². The van der Waals surface area contributed by atoms with Gasteiger partial charge in [0, 0.05) is 11.3 Å². The maximum atomic E-state index is 12.6. The fraction of sp³-hybridized carbons (Fsp3) is 0.0870. The van der Waals surface area contributed by atoms with Crippen molar-refractivity contribution in [2.24, 2.45) is 0 Å². The van der Waals surface area contributed by atoms with Gasteiger partial charge in [0.25, 0.3) is 17.7 Å². The summed E-state index contributed by atoms with van der Waals surface area (Å²) in [7, 11) is 0. The molecule has 0 aliphatic carbocycles. The van der Waals surface area contributed by atoms with E-state index in [-0.39, 0.29) is 17.7 Å². The molecule has 0 aromatic heterocycles. The van der Waals surface area contributed by atoms with Gasteiger partial charge in [0.05, 0.1) is 16.8 Å². The number of amides is 3. The standard InChI is InChI=1S/C23H18N2O3/c1-14-7-12-18(15(2)13-14)21(26)24-16-8-10-17(11-9-16)25-22(27)19-5-3-4-6-20(19)23(25)28/h3-13H,1-2H3,(H,24,26). The number of benzene rings is 3. The lowest BCUT2D eigenvalue weighted by Gasteiger charge is -2.15. The van der Waals surface area contributed by atoms with Crippen molar-refractivity contribution in [3.8, 4) is 0 Å². The molecule has 0 saturated carbocycles. The summed E-state index contributed by atoms with van der Waals surface area (Å²) >= 11 is 0. The van der Waals surface area contributed by atoms with Crippen molar-refractivity contribution in [3.63, 3.8) is 0 Å². The van der Waals surface area contributed by atoms with E-state index >= 15 is 0 Å². The first-order valence-electron chi connectivity index (χ1n) is 8.92. The lowest BCUT2D eigenvalue weighted by molar-refractivity contribution is 0.0924. The Balaban J connectivity index is 1.54. The summed E-state index contributed by atoms with van der Waals surface area (Å²) in [5.41, 5.74) is 4.47. The van der Waals surface area contributed by atoms with Crippen LogP contribution in [0.3, 0.4) is 0 Å². The van der Waals surface area contributed by atoms with Crippen molar-refractivity contribution < 1.29 is 14.4 Å². The number of fused-ring (bicyclic) bond motifs is 1. The quantitative estimate of drug-likeness (QED) is 0.697. The van der Waals surface area contributed by atoms with Gasteiger partial charge in [0.1, 0.15) is 0 Å². The minimum Gasteiger partial charge on any atom is -0.322 e. The number of hydrogen-bond donors (Lipinski definition) is 1. The van der Waals surface area contributed by atoms with Crippen LogP contribution < -0.4 is 10.2 Å². The Morgan fingerprint density at radius 3 is 2.00 bits per heavy atom. The largest absolute Gasteiger partial charge is 0.322 e. The van der Waals surface area contributed by atoms with Crippen LogP contribution in [0.4, 0.5) is 11.4 Å². The Morgan fingerprint density at radius 2 is 1.43 bits per heavy atom. The van der Waals surface area contributed by atoms with E-state index in [1.165, 1.54) is 0 Å². The number of nitrogens with zero attached hydrogens (tertiary/aromatic N) is 1. The zero-order chi connectivity index (χ0) is 19.8. The van der Waals surface area contributed by atoms with E-state index in [4.69, 9.17) is 0 Å². The van der Waals surface area contributed by atoms with E-state index in [1.807, 2.05) is 26.0 Å². The van der Waals surface area contributed by atoms with Crippen LogP contribution in [-0.2, 0) is 0 Å². The van der Waals surface area contributed by atoms with Gasteiger partial charge < -0.3 is 5.32 Å². The second-order valence-electron chi connectivity index (χ2n) is 6.81. The van der Waals surface area contributed by atoms with Crippen molar-refractivity contribution in [1.82, 2.24) is 0 Å². The van der Waals surface area contributed by atoms with Gasteiger partial charge in [-0.1, -0.05) is 29.8 Å². The highest BCUT2D eigenvalue weighted by Crippen LogP contribution is 2.29. The minimum absolute atomic E-state index is 0.203. The van der Waals surface area contributed by atoms with Crippen LogP contribution in [0.1, 0.15) is 42.2 Å². The fourth-order valence-electron chi connectivity index (χ4n) is 3.38. The van der Waals surface area contributed by atoms with E-state index in [2.05, 4.69) is 5.32 Å². The molecule has 0 radical (unpaired) electrons. The smallest absolute Gasteiger partial charge is 0.266 e. The Kier molecular flexibility index (Phi) is 4.28. The molecule has 0 spiro atoms. The number of carbonyl (C=O) groups excluding carboxylic acids is 3. The molecule has 138 valence electrons. The molecule has 0 fully saturated rings. The number of nitrogens with one attached hydrogen (secondary N) is 1. The van der Waals surface area contributed by atoms with Gasteiger partial charge in [-0.15, -0.1) is 0 Å². The first kappa shape index (κ1) is 17.7. The average Bonchev–Trinajstić information content (AvgIpc) is 2.93. The molecule has 1 aliphatic heterocycles. The molecule has 5 nitrogen and oxygen atoms in total. The lowest BCUT2D eigenvalue weighted by atomic mass is 10.1.